The Hall–Kier alpha value is -1.94. The molecule has 0 fully saturated rings. The van der Waals surface area contributed by atoms with Crippen molar-refractivity contribution in [2.75, 3.05) is 13.1 Å². The number of nitrogens with zero attached hydrogens (tertiary/aromatic N) is 3. The molecule has 29 heavy (non-hydrogen) atoms. The summed E-state index contributed by atoms with van der Waals surface area (Å²) in [7, 11) is -3.60. The van der Waals surface area contributed by atoms with Crippen molar-refractivity contribution in [3.8, 4) is 11.5 Å². The van der Waals surface area contributed by atoms with Gasteiger partial charge < -0.3 is 4.42 Å². The Bertz CT molecular complexity index is 1080. The highest BCUT2D eigenvalue weighted by atomic mass is 35.5. The lowest BCUT2D eigenvalue weighted by molar-refractivity contribution is 0.445. The van der Waals surface area contributed by atoms with E-state index in [1.165, 1.54) is 28.6 Å². The largest absolute Gasteiger partial charge is 0.411 e. The summed E-state index contributed by atoms with van der Waals surface area (Å²) < 4.78 is 46.3. The van der Waals surface area contributed by atoms with Crippen molar-refractivity contribution in [3.63, 3.8) is 0 Å². The van der Waals surface area contributed by atoms with E-state index in [1.807, 2.05) is 0 Å². The van der Waals surface area contributed by atoms with E-state index in [9.17, 15) is 12.8 Å². The summed E-state index contributed by atoms with van der Waals surface area (Å²) in [6, 6.07) is 10.8. The molecule has 10 heteroatoms. The van der Waals surface area contributed by atoms with E-state index in [0.29, 0.717) is 29.2 Å². The molecule has 3 aromatic rings. The Balaban J connectivity index is 1.80. The number of hydrogen-bond donors (Lipinski definition) is 0. The van der Waals surface area contributed by atoms with Crippen molar-refractivity contribution in [1.29, 1.82) is 0 Å². The molecule has 0 unspecified atom stereocenters. The molecule has 6 nitrogen and oxygen atoms in total. The summed E-state index contributed by atoms with van der Waals surface area (Å²) in [5.41, 5.74) is 0.840. The number of benzene rings is 2. The summed E-state index contributed by atoms with van der Waals surface area (Å²) in [5, 5.41) is 8.48. The predicted molar refractivity (Wildman–Crippen MR) is 111 cm³/mol. The first kappa shape index (κ1) is 21.8. The van der Waals surface area contributed by atoms with E-state index in [4.69, 9.17) is 16.0 Å². The zero-order valence-electron chi connectivity index (χ0n) is 15.8. The van der Waals surface area contributed by atoms with E-state index in [1.54, 1.807) is 32.0 Å². The molecule has 3 rings (SSSR count). The lowest BCUT2D eigenvalue weighted by Crippen LogP contribution is -2.30. The minimum Gasteiger partial charge on any atom is -0.411 e. The number of aromatic nitrogens is 2. The molecule has 0 saturated heterocycles. The first-order valence-electron chi connectivity index (χ1n) is 8.86. The standard InChI is InChI=1S/C19H19ClFN3O3S2/c1-3-24(4-2)29(25,26)14-8-5-7-13(11-14)18-22-23-19(27-18)28-12-15-16(20)9-6-10-17(15)21/h5-11H,3-4,12H2,1-2H3. The average Bonchev–Trinajstić information content (AvgIpc) is 3.17. The van der Waals surface area contributed by atoms with Crippen LogP contribution in [0, 0.1) is 5.82 Å². The van der Waals surface area contributed by atoms with Crippen LogP contribution >= 0.6 is 23.4 Å². The molecule has 2 aromatic carbocycles. The second-order valence-corrected chi connectivity index (χ2v) is 9.25. The molecule has 0 radical (unpaired) electrons. The van der Waals surface area contributed by atoms with Gasteiger partial charge in [-0.2, -0.15) is 4.31 Å². The fourth-order valence-corrected chi connectivity index (χ4v) is 5.30. The molecule has 0 aliphatic carbocycles. The Morgan fingerprint density at radius 1 is 1.14 bits per heavy atom. The molecule has 0 saturated carbocycles. The van der Waals surface area contributed by atoms with Crippen molar-refractivity contribution < 1.29 is 17.2 Å². The first-order valence-corrected chi connectivity index (χ1v) is 11.7. The van der Waals surface area contributed by atoms with Crippen LogP contribution in [0.3, 0.4) is 0 Å². The monoisotopic (exact) mass is 455 g/mol. The summed E-state index contributed by atoms with van der Waals surface area (Å²) in [6.07, 6.45) is 0. The smallest absolute Gasteiger partial charge is 0.277 e. The van der Waals surface area contributed by atoms with Crippen LogP contribution in [-0.2, 0) is 15.8 Å². The van der Waals surface area contributed by atoms with Crippen LogP contribution in [0.4, 0.5) is 4.39 Å². The van der Waals surface area contributed by atoms with Gasteiger partial charge in [-0.05, 0) is 30.3 Å². The Morgan fingerprint density at radius 2 is 1.86 bits per heavy atom. The molecular formula is C19H19ClFN3O3S2. The Kier molecular flexibility index (Phi) is 6.94. The topological polar surface area (TPSA) is 76.3 Å². The van der Waals surface area contributed by atoms with Gasteiger partial charge in [0.05, 0.1) is 4.90 Å². The maximum absolute atomic E-state index is 13.9. The van der Waals surface area contributed by atoms with Gasteiger partial charge in [-0.3, -0.25) is 0 Å². The molecule has 1 aromatic heterocycles. The zero-order chi connectivity index (χ0) is 21.0. The van der Waals surface area contributed by atoms with E-state index < -0.39 is 15.8 Å². The molecule has 1 heterocycles. The third kappa shape index (κ3) is 4.80. The fourth-order valence-electron chi connectivity index (χ4n) is 2.69. The second-order valence-electron chi connectivity index (χ2n) is 5.98. The normalized spacial score (nSPS) is 11.9. The van der Waals surface area contributed by atoms with Gasteiger partial charge in [-0.1, -0.05) is 49.3 Å². The number of halogens is 2. The van der Waals surface area contributed by atoms with E-state index in [-0.39, 0.29) is 21.8 Å². The molecule has 154 valence electrons. The Morgan fingerprint density at radius 3 is 2.55 bits per heavy atom. The quantitative estimate of drug-likeness (QED) is 0.452. The van der Waals surface area contributed by atoms with Crippen LogP contribution < -0.4 is 0 Å². The average molecular weight is 456 g/mol. The third-order valence-corrected chi connectivity index (χ3v) is 7.48. The minimum atomic E-state index is -3.60. The summed E-state index contributed by atoms with van der Waals surface area (Å²) in [5.74, 6) is 0.00606. The lowest BCUT2D eigenvalue weighted by Gasteiger charge is -2.18. The number of hydrogen-bond acceptors (Lipinski definition) is 6. The van der Waals surface area contributed by atoms with E-state index in [0.717, 1.165) is 11.8 Å². The van der Waals surface area contributed by atoms with Gasteiger partial charge in [0.25, 0.3) is 5.22 Å². The predicted octanol–water partition coefficient (Wildman–Crippen LogP) is 4.85. The molecule has 0 spiro atoms. The molecule has 0 aliphatic rings. The van der Waals surface area contributed by atoms with Gasteiger partial charge in [0.1, 0.15) is 5.82 Å². The van der Waals surface area contributed by atoms with Crippen LogP contribution in [0.2, 0.25) is 5.02 Å². The van der Waals surface area contributed by atoms with Crippen molar-refractivity contribution in [2.24, 2.45) is 0 Å². The molecular weight excluding hydrogens is 437 g/mol. The minimum absolute atomic E-state index is 0.157. The summed E-state index contributed by atoms with van der Waals surface area (Å²) in [4.78, 5) is 0.157. The maximum atomic E-state index is 13.9. The van der Waals surface area contributed by atoms with Crippen LogP contribution in [0.25, 0.3) is 11.5 Å². The second kappa shape index (κ2) is 9.25. The highest BCUT2D eigenvalue weighted by Crippen LogP contribution is 2.30. The van der Waals surface area contributed by atoms with Crippen LogP contribution in [-0.4, -0.2) is 36.0 Å². The molecule has 0 atom stereocenters. The zero-order valence-corrected chi connectivity index (χ0v) is 18.2. The van der Waals surface area contributed by atoms with Crippen LogP contribution in [0.5, 0.6) is 0 Å². The van der Waals surface area contributed by atoms with Crippen LogP contribution in [0.1, 0.15) is 19.4 Å². The van der Waals surface area contributed by atoms with Gasteiger partial charge >= 0.3 is 0 Å². The van der Waals surface area contributed by atoms with Gasteiger partial charge in [0.15, 0.2) is 0 Å². The van der Waals surface area contributed by atoms with Gasteiger partial charge in [-0.25, -0.2) is 12.8 Å². The van der Waals surface area contributed by atoms with Crippen molar-refractivity contribution in [3.05, 3.63) is 58.9 Å². The molecule has 0 aliphatic heterocycles. The third-order valence-electron chi connectivity index (χ3n) is 4.23. The molecule has 0 amide bonds. The molecule has 0 N–H and O–H groups in total. The van der Waals surface area contributed by atoms with Gasteiger partial charge in [0, 0.05) is 35.0 Å². The Labute approximate surface area is 178 Å². The number of rotatable bonds is 8. The highest BCUT2D eigenvalue weighted by molar-refractivity contribution is 7.98. The first-order chi connectivity index (χ1) is 13.9. The lowest BCUT2D eigenvalue weighted by atomic mass is 10.2. The highest BCUT2D eigenvalue weighted by Gasteiger charge is 2.22. The number of sulfonamides is 1. The van der Waals surface area contributed by atoms with Crippen molar-refractivity contribution >= 4 is 33.4 Å². The van der Waals surface area contributed by atoms with E-state index in [2.05, 4.69) is 10.2 Å². The van der Waals surface area contributed by atoms with Crippen molar-refractivity contribution in [2.45, 2.75) is 29.7 Å². The van der Waals surface area contributed by atoms with Crippen LogP contribution in [0.15, 0.2) is 57.0 Å². The number of thioether (sulfide) groups is 1. The van der Waals surface area contributed by atoms with Gasteiger partial charge in [-0.15, -0.1) is 10.2 Å². The summed E-state index contributed by atoms with van der Waals surface area (Å²) in [6.45, 7) is 4.33. The SMILES string of the molecule is CCN(CC)S(=O)(=O)c1cccc(-c2nnc(SCc3c(F)cccc3Cl)o2)c1. The molecule has 0 bridgehead atoms. The van der Waals surface area contributed by atoms with Crippen molar-refractivity contribution in [1.82, 2.24) is 14.5 Å². The fraction of sp³-hybridized carbons (Fsp3) is 0.263. The maximum Gasteiger partial charge on any atom is 0.277 e. The van der Waals surface area contributed by atoms with E-state index >= 15 is 0 Å². The van der Waals surface area contributed by atoms with Gasteiger partial charge in [0.2, 0.25) is 15.9 Å². The summed E-state index contributed by atoms with van der Waals surface area (Å²) >= 11 is 7.17.